The van der Waals surface area contributed by atoms with E-state index in [1.54, 1.807) is 11.1 Å². The van der Waals surface area contributed by atoms with Crippen molar-refractivity contribution in [2.75, 3.05) is 0 Å². The van der Waals surface area contributed by atoms with Crippen LogP contribution in [0, 0.1) is 46.3 Å². The van der Waals surface area contributed by atoms with Crippen molar-refractivity contribution in [3.8, 4) is 0 Å². The Hall–Kier alpha value is -0.560. The van der Waals surface area contributed by atoms with Gasteiger partial charge in [0.05, 0.1) is 6.10 Å². The second-order valence-electron chi connectivity index (χ2n) is 12.4. The van der Waals surface area contributed by atoms with E-state index >= 15 is 0 Å². The van der Waals surface area contributed by atoms with Crippen molar-refractivity contribution in [2.45, 2.75) is 112 Å². The minimum atomic E-state index is -0.0839. The van der Waals surface area contributed by atoms with Crippen LogP contribution in [0.2, 0.25) is 0 Å². The van der Waals surface area contributed by atoms with Crippen LogP contribution in [0.15, 0.2) is 23.3 Å². The fourth-order valence-electron chi connectivity index (χ4n) is 8.98. The van der Waals surface area contributed by atoms with E-state index in [0.717, 1.165) is 42.4 Å². The summed E-state index contributed by atoms with van der Waals surface area (Å²) in [6.45, 7) is 14.7. The first-order chi connectivity index (χ1) is 14.2. The molecule has 170 valence electrons. The summed E-state index contributed by atoms with van der Waals surface area (Å²) >= 11 is 0. The molecular formula is C29H48O. The highest BCUT2D eigenvalue weighted by atomic mass is 16.3. The standard InChI is InChI=1S/C29H48O/c1-7-21(19(2)3)9-8-20(4)25-12-13-26-24-11-10-22-18-23(30)14-16-28(22,5)27(24)15-17-29(25,26)6/h7,10,19-20,23-27,30H,8-9,11-18H2,1-6H3/t20?,23?,24?,25?,26?,27?,28-,29+/m0/s1. The number of aliphatic hydroxyl groups excluding tert-OH is 1. The quantitative estimate of drug-likeness (QED) is 0.454. The maximum atomic E-state index is 10.2. The molecule has 4 aliphatic carbocycles. The van der Waals surface area contributed by atoms with Gasteiger partial charge in [-0.1, -0.05) is 57.9 Å². The van der Waals surface area contributed by atoms with Crippen LogP contribution >= 0.6 is 0 Å². The van der Waals surface area contributed by atoms with Crippen LogP contribution < -0.4 is 0 Å². The lowest BCUT2D eigenvalue weighted by Crippen LogP contribution is -2.50. The van der Waals surface area contributed by atoms with E-state index in [1.165, 1.54) is 51.4 Å². The highest BCUT2D eigenvalue weighted by molar-refractivity contribution is 5.25. The smallest absolute Gasteiger partial charge is 0.0577 e. The first-order valence-corrected chi connectivity index (χ1v) is 13.2. The van der Waals surface area contributed by atoms with Crippen molar-refractivity contribution in [1.29, 1.82) is 0 Å². The molecule has 0 amide bonds. The summed E-state index contributed by atoms with van der Waals surface area (Å²) in [5, 5.41) is 10.2. The maximum Gasteiger partial charge on any atom is 0.0577 e. The molecule has 1 heteroatoms. The Bertz CT molecular complexity index is 686. The normalized spacial score (nSPS) is 44.9. The molecule has 1 nitrogen and oxygen atoms in total. The molecule has 0 aromatic heterocycles. The number of fused-ring (bicyclic) bond motifs is 5. The van der Waals surface area contributed by atoms with Crippen LogP contribution in [0.3, 0.4) is 0 Å². The van der Waals surface area contributed by atoms with Gasteiger partial charge in [0.2, 0.25) is 0 Å². The van der Waals surface area contributed by atoms with Gasteiger partial charge in [0.1, 0.15) is 0 Å². The summed E-state index contributed by atoms with van der Waals surface area (Å²) in [5.41, 5.74) is 4.21. The second-order valence-corrected chi connectivity index (χ2v) is 12.4. The van der Waals surface area contributed by atoms with Crippen LogP contribution in [-0.4, -0.2) is 11.2 Å². The molecule has 3 saturated carbocycles. The fourth-order valence-corrected chi connectivity index (χ4v) is 8.98. The second kappa shape index (κ2) is 8.42. The zero-order valence-electron chi connectivity index (χ0n) is 20.7. The van der Waals surface area contributed by atoms with E-state index in [9.17, 15) is 5.11 Å². The van der Waals surface area contributed by atoms with E-state index in [1.807, 2.05) is 0 Å². The lowest BCUT2D eigenvalue weighted by Gasteiger charge is -2.58. The van der Waals surface area contributed by atoms with Gasteiger partial charge in [0.25, 0.3) is 0 Å². The van der Waals surface area contributed by atoms with Crippen molar-refractivity contribution in [3.63, 3.8) is 0 Å². The average molecular weight is 413 g/mol. The Balaban J connectivity index is 1.49. The van der Waals surface area contributed by atoms with E-state index in [2.05, 4.69) is 53.7 Å². The van der Waals surface area contributed by atoms with Crippen molar-refractivity contribution < 1.29 is 5.11 Å². The molecule has 0 heterocycles. The van der Waals surface area contributed by atoms with Gasteiger partial charge in [-0.3, -0.25) is 0 Å². The van der Waals surface area contributed by atoms with Crippen molar-refractivity contribution >= 4 is 0 Å². The molecule has 4 rings (SSSR count). The Morgan fingerprint density at radius 2 is 1.87 bits per heavy atom. The fraction of sp³-hybridized carbons (Fsp3) is 0.862. The predicted molar refractivity (Wildman–Crippen MR) is 128 cm³/mol. The zero-order valence-corrected chi connectivity index (χ0v) is 20.7. The summed E-state index contributed by atoms with van der Waals surface area (Å²) in [6, 6.07) is 0. The predicted octanol–water partition coefficient (Wildman–Crippen LogP) is 7.94. The number of rotatable bonds is 5. The van der Waals surface area contributed by atoms with Crippen LogP contribution in [-0.2, 0) is 0 Å². The molecule has 0 radical (unpaired) electrons. The van der Waals surface area contributed by atoms with Gasteiger partial charge in [0.15, 0.2) is 0 Å². The highest BCUT2D eigenvalue weighted by Gasteiger charge is 2.59. The van der Waals surface area contributed by atoms with Gasteiger partial charge in [-0.25, -0.2) is 0 Å². The Morgan fingerprint density at radius 3 is 2.57 bits per heavy atom. The minimum absolute atomic E-state index is 0.0839. The van der Waals surface area contributed by atoms with E-state index in [0.29, 0.717) is 16.7 Å². The number of hydrogen-bond acceptors (Lipinski definition) is 1. The molecule has 1 N–H and O–H groups in total. The van der Waals surface area contributed by atoms with Crippen LogP contribution in [0.25, 0.3) is 0 Å². The molecule has 3 fully saturated rings. The third kappa shape index (κ3) is 3.66. The molecule has 0 bridgehead atoms. The van der Waals surface area contributed by atoms with E-state index in [4.69, 9.17) is 0 Å². The number of hydrogen-bond donors (Lipinski definition) is 1. The Labute approximate surface area is 186 Å². The Kier molecular flexibility index (Phi) is 6.35. The summed E-state index contributed by atoms with van der Waals surface area (Å²) in [7, 11) is 0. The molecule has 0 aliphatic heterocycles. The molecule has 4 aliphatic rings. The maximum absolute atomic E-state index is 10.2. The highest BCUT2D eigenvalue weighted by Crippen LogP contribution is 2.67. The molecule has 0 aromatic rings. The molecular weight excluding hydrogens is 364 g/mol. The SMILES string of the molecule is CC=C(CCC(C)C1CCC2C3CC=C4CC(O)CC[C@]4(C)C3CC[C@]12C)C(C)C. The van der Waals surface area contributed by atoms with Crippen molar-refractivity contribution in [2.24, 2.45) is 46.3 Å². The molecule has 0 spiro atoms. The third-order valence-corrected chi connectivity index (χ3v) is 10.8. The minimum Gasteiger partial charge on any atom is -0.393 e. The van der Waals surface area contributed by atoms with Crippen LogP contribution in [0.1, 0.15) is 106 Å². The summed E-state index contributed by atoms with van der Waals surface area (Å²) in [6.07, 6.45) is 17.8. The van der Waals surface area contributed by atoms with E-state index < -0.39 is 0 Å². The summed E-state index contributed by atoms with van der Waals surface area (Å²) in [5.74, 6) is 5.15. The van der Waals surface area contributed by atoms with Crippen molar-refractivity contribution in [1.82, 2.24) is 0 Å². The lowest BCUT2D eigenvalue weighted by atomic mass is 9.47. The lowest BCUT2D eigenvalue weighted by molar-refractivity contribution is -0.0571. The Morgan fingerprint density at radius 1 is 1.10 bits per heavy atom. The first kappa shape index (κ1) is 22.6. The van der Waals surface area contributed by atoms with Gasteiger partial charge in [0, 0.05) is 0 Å². The molecule has 0 saturated heterocycles. The topological polar surface area (TPSA) is 20.2 Å². The molecule has 6 unspecified atom stereocenters. The van der Waals surface area contributed by atoms with Gasteiger partial charge in [-0.05, 0) is 117 Å². The van der Waals surface area contributed by atoms with Crippen molar-refractivity contribution in [3.05, 3.63) is 23.3 Å². The van der Waals surface area contributed by atoms with Gasteiger partial charge < -0.3 is 5.11 Å². The van der Waals surface area contributed by atoms with Gasteiger partial charge >= 0.3 is 0 Å². The first-order valence-electron chi connectivity index (χ1n) is 13.2. The monoisotopic (exact) mass is 412 g/mol. The van der Waals surface area contributed by atoms with Crippen LogP contribution in [0.5, 0.6) is 0 Å². The molecule has 0 aromatic carbocycles. The number of aliphatic hydroxyl groups is 1. The van der Waals surface area contributed by atoms with Gasteiger partial charge in [-0.2, -0.15) is 0 Å². The zero-order chi connectivity index (χ0) is 21.7. The number of allylic oxidation sites excluding steroid dienone is 3. The van der Waals surface area contributed by atoms with E-state index in [-0.39, 0.29) is 6.10 Å². The third-order valence-electron chi connectivity index (χ3n) is 10.8. The molecule has 30 heavy (non-hydrogen) atoms. The summed E-state index contributed by atoms with van der Waals surface area (Å²) < 4.78 is 0. The molecule has 8 atom stereocenters. The largest absolute Gasteiger partial charge is 0.393 e. The average Bonchev–Trinajstić information content (AvgIpc) is 3.06. The van der Waals surface area contributed by atoms with Gasteiger partial charge in [-0.15, -0.1) is 0 Å². The summed E-state index contributed by atoms with van der Waals surface area (Å²) in [4.78, 5) is 0. The van der Waals surface area contributed by atoms with Crippen LogP contribution in [0.4, 0.5) is 0 Å².